The van der Waals surface area contributed by atoms with Crippen molar-refractivity contribution < 1.29 is 9.47 Å². The predicted molar refractivity (Wildman–Crippen MR) is 70.3 cm³/mol. The molecule has 0 spiro atoms. The molecule has 0 amide bonds. The summed E-state index contributed by atoms with van der Waals surface area (Å²) in [6.45, 7) is 1.28. The highest BCUT2D eigenvalue weighted by molar-refractivity contribution is 5.37. The molecule has 102 valence electrons. The molecule has 2 heterocycles. The molecule has 8 nitrogen and oxygen atoms in total. The highest BCUT2D eigenvalue weighted by Crippen LogP contribution is 2.23. The maximum absolute atomic E-state index is 5.57. The van der Waals surface area contributed by atoms with Crippen LogP contribution in [0.1, 0.15) is 0 Å². The number of nitrogens with one attached hydrogen (secondary N) is 1. The Hall–Kier alpha value is -2.51. The van der Waals surface area contributed by atoms with Crippen LogP contribution in [0.25, 0.3) is 0 Å². The summed E-state index contributed by atoms with van der Waals surface area (Å²) >= 11 is 0. The molecule has 0 bridgehead atoms. The Morgan fingerprint density at radius 2 is 2.16 bits per heavy atom. The third-order valence-electron chi connectivity index (χ3n) is 2.41. The van der Waals surface area contributed by atoms with Crippen molar-refractivity contribution in [2.75, 3.05) is 31.8 Å². The smallest absolute Gasteiger partial charge is 0.261 e. The minimum atomic E-state index is 0.392. The molecular weight excluding hydrogens is 248 g/mol. The van der Waals surface area contributed by atoms with E-state index in [2.05, 4.69) is 20.4 Å². The van der Waals surface area contributed by atoms with Gasteiger partial charge in [-0.1, -0.05) is 0 Å². The van der Waals surface area contributed by atoms with Gasteiger partial charge in [-0.2, -0.15) is 10.1 Å². The van der Waals surface area contributed by atoms with Crippen molar-refractivity contribution in [1.82, 2.24) is 19.7 Å². The fourth-order valence-electron chi connectivity index (χ4n) is 1.51. The monoisotopic (exact) mass is 264 g/mol. The fraction of sp³-hybridized carbons (Fsp3) is 0.364. The summed E-state index contributed by atoms with van der Waals surface area (Å²) in [7, 11) is 3.07. The molecule has 2 aromatic rings. The first-order valence-electron chi connectivity index (χ1n) is 5.69. The van der Waals surface area contributed by atoms with Gasteiger partial charge in [-0.15, -0.1) is 0 Å². The Balaban J connectivity index is 1.92. The average Bonchev–Trinajstić information content (AvgIpc) is 2.84. The highest BCUT2D eigenvalue weighted by atomic mass is 16.5. The van der Waals surface area contributed by atoms with E-state index in [4.69, 9.17) is 15.2 Å². The van der Waals surface area contributed by atoms with Gasteiger partial charge in [0.15, 0.2) is 5.75 Å². The van der Waals surface area contributed by atoms with Gasteiger partial charge in [0.05, 0.1) is 38.8 Å². The number of methoxy groups -OCH3 is 2. The lowest BCUT2D eigenvalue weighted by Gasteiger charge is -2.08. The molecule has 0 unspecified atom stereocenters. The summed E-state index contributed by atoms with van der Waals surface area (Å²) in [5.41, 5.74) is 6.21. The zero-order valence-corrected chi connectivity index (χ0v) is 10.8. The van der Waals surface area contributed by atoms with Gasteiger partial charge >= 0.3 is 0 Å². The molecule has 0 radical (unpaired) electrons. The second-order valence-electron chi connectivity index (χ2n) is 3.73. The lowest BCUT2D eigenvalue weighted by atomic mass is 10.5. The van der Waals surface area contributed by atoms with Crippen LogP contribution in [-0.2, 0) is 6.54 Å². The molecule has 0 saturated heterocycles. The van der Waals surface area contributed by atoms with Crippen LogP contribution in [0.4, 0.5) is 11.6 Å². The van der Waals surface area contributed by atoms with E-state index in [1.54, 1.807) is 23.3 Å². The van der Waals surface area contributed by atoms with E-state index in [0.717, 1.165) is 0 Å². The Morgan fingerprint density at radius 1 is 1.32 bits per heavy atom. The number of anilines is 2. The fourth-order valence-corrected chi connectivity index (χ4v) is 1.51. The topological polar surface area (TPSA) is 100 Å². The van der Waals surface area contributed by atoms with Crippen LogP contribution in [0.2, 0.25) is 0 Å². The molecule has 0 aliphatic heterocycles. The molecule has 2 aromatic heterocycles. The Kier molecular flexibility index (Phi) is 4.01. The van der Waals surface area contributed by atoms with Gasteiger partial charge in [0.2, 0.25) is 5.95 Å². The molecule has 8 heteroatoms. The van der Waals surface area contributed by atoms with E-state index in [-0.39, 0.29) is 0 Å². The Bertz CT molecular complexity index is 542. The summed E-state index contributed by atoms with van der Waals surface area (Å²) in [5.74, 6) is 1.36. The van der Waals surface area contributed by atoms with E-state index in [1.807, 2.05) is 0 Å². The summed E-state index contributed by atoms with van der Waals surface area (Å²) in [4.78, 5) is 8.29. The van der Waals surface area contributed by atoms with Crippen molar-refractivity contribution in [2.24, 2.45) is 0 Å². The number of hydrogen-bond acceptors (Lipinski definition) is 7. The number of hydrogen-bond donors (Lipinski definition) is 2. The minimum Gasteiger partial charge on any atom is -0.490 e. The number of ether oxygens (including phenoxy) is 2. The summed E-state index contributed by atoms with van der Waals surface area (Å²) in [6, 6.07) is 0. The quantitative estimate of drug-likeness (QED) is 0.778. The molecular formula is C11H16N6O2. The lowest BCUT2D eigenvalue weighted by Crippen LogP contribution is -2.13. The van der Waals surface area contributed by atoms with Crippen LogP contribution in [-0.4, -0.2) is 40.5 Å². The van der Waals surface area contributed by atoms with Gasteiger partial charge in [-0.25, -0.2) is 4.98 Å². The second kappa shape index (κ2) is 5.89. The molecule has 2 rings (SSSR count). The molecule has 0 aliphatic carbocycles. The first-order valence-corrected chi connectivity index (χ1v) is 5.69. The van der Waals surface area contributed by atoms with Crippen molar-refractivity contribution >= 4 is 11.6 Å². The Labute approximate surface area is 110 Å². The third kappa shape index (κ3) is 3.24. The van der Waals surface area contributed by atoms with Crippen LogP contribution in [0.3, 0.4) is 0 Å². The van der Waals surface area contributed by atoms with Crippen molar-refractivity contribution in [3.05, 3.63) is 18.6 Å². The second-order valence-corrected chi connectivity index (χ2v) is 3.73. The zero-order valence-electron chi connectivity index (χ0n) is 10.8. The van der Waals surface area contributed by atoms with Crippen LogP contribution in [0.5, 0.6) is 11.6 Å². The van der Waals surface area contributed by atoms with Crippen molar-refractivity contribution in [3.63, 3.8) is 0 Å². The number of rotatable bonds is 6. The van der Waals surface area contributed by atoms with Crippen LogP contribution >= 0.6 is 0 Å². The van der Waals surface area contributed by atoms with Gasteiger partial charge in [0.1, 0.15) is 0 Å². The van der Waals surface area contributed by atoms with E-state index >= 15 is 0 Å². The van der Waals surface area contributed by atoms with E-state index in [1.165, 1.54) is 14.2 Å². The summed E-state index contributed by atoms with van der Waals surface area (Å²) in [5, 5.41) is 7.14. The van der Waals surface area contributed by atoms with Gasteiger partial charge in [0.25, 0.3) is 5.88 Å². The van der Waals surface area contributed by atoms with Gasteiger partial charge in [-0.05, 0) is 0 Å². The van der Waals surface area contributed by atoms with E-state index < -0.39 is 0 Å². The maximum Gasteiger partial charge on any atom is 0.261 e. The van der Waals surface area contributed by atoms with Gasteiger partial charge in [0, 0.05) is 12.7 Å². The number of nitrogen functional groups attached to an aromatic ring is 1. The normalized spacial score (nSPS) is 10.2. The van der Waals surface area contributed by atoms with Gasteiger partial charge in [-0.3, -0.25) is 4.68 Å². The van der Waals surface area contributed by atoms with Crippen molar-refractivity contribution in [3.8, 4) is 11.6 Å². The predicted octanol–water partition coefficient (Wildman–Crippen LogP) is 0.385. The number of nitrogens with two attached hydrogens (primary N) is 1. The van der Waals surface area contributed by atoms with Gasteiger partial charge < -0.3 is 20.5 Å². The van der Waals surface area contributed by atoms with Crippen molar-refractivity contribution in [1.29, 1.82) is 0 Å². The molecule has 0 saturated carbocycles. The van der Waals surface area contributed by atoms with E-state index in [9.17, 15) is 0 Å². The summed E-state index contributed by atoms with van der Waals surface area (Å²) in [6.07, 6.45) is 4.92. The molecule has 0 atom stereocenters. The first kappa shape index (κ1) is 12.9. The molecule has 0 aliphatic rings. The largest absolute Gasteiger partial charge is 0.490 e. The van der Waals surface area contributed by atoms with Crippen LogP contribution < -0.4 is 20.5 Å². The molecule has 0 aromatic carbocycles. The van der Waals surface area contributed by atoms with Crippen molar-refractivity contribution in [2.45, 2.75) is 6.54 Å². The molecule has 3 N–H and O–H groups in total. The molecule has 0 fully saturated rings. The minimum absolute atomic E-state index is 0.392. The third-order valence-corrected chi connectivity index (χ3v) is 2.41. The standard InChI is InChI=1S/C11H16N6O2/c1-18-9-6-14-11(16-10(9)19-2)13-3-4-17-7-8(12)5-15-17/h5-7H,3-4,12H2,1-2H3,(H,13,14,16). The first-order chi connectivity index (χ1) is 9.22. The highest BCUT2D eigenvalue weighted by Gasteiger charge is 2.07. The number of aromatic nitrogens is 4. The Morgan fingerprint density at radius 3 is 2.79 bits per heavy atom. The van der Waals surface area contributed by atoms with Crippen LogP contribution in [0, 0.1) is 0 Å². The number of nitrogens with zero attached hydrogens (tertiary/aromatic N) is 4. The maximum atomic E-state index is 5.57. The SMILES string of the molecule is COc1cnc(NCCn2cc(N)cn2)nc1OC. The zero-order chi connectivity index (χ0) is 13.7. The van der Waals surface area contributed by atoms with Crippen LogP contribution in [0.15, 0.2) is 18.6 Å². The lowest BCUT2D eigenvalue weighted by molar-refractivity contribution is 0.341. The molecule has 19 heavy (non-hydrogen) atoms. The average molecular weight is 264 g/mol. The summed E-state index contributed by atoms with van der Waals surface area (Å²) < 4.78 is 11.9. The van der Waals surface area contributed by atoms with E-state index in [0.29, 0.717) is 36.4 Å².